The Morgan fingerprint density at radius 3 is 2.22 bits per heavy atom. The van der Waals surface area contributed by atoms with E-state index in [0.717, 1.165) is 5.57 Å². The second kappa shape index (κ2) is 11.9. The first kappa shape index (κ1) is 37.1. The molecule has 0 aromatic rings. The zero-order chi connectivity index (χ0) is 36.3. The number of carbonyl (C=O) groups is 2. The van der Waals surface area contributed by atoms with Crippen LogP contribution in [0.25, 0.3) is 0 Å². The Bertz CT molecular complexity index is 1370. The summed E-state index contributed by atoms with van der Waals surface area (Å²) in [7, 11) is 1.41. The summed E-state index contributed by atoms with van der Waals surface area (Å²) in [5.41, 5.74) is -4.45. The van der Waals surface area contributed by atoms with Crippen LogP contribution in [0.4, 0.5) is 0 Å². The quantitative estimate of drug-likeness (QED) is 0.164. The maximum absolute atomic E-state index is 14.6. The molecule has 1 saturated heterocycles. The van der Waals surface area contributed by atoms with Gasteiger partial charge in [-0.15, -0.1) is 0 Å². The molecule has 6 rings (SSSR count). The second-order valence-electron chi connectivity index (χ2n) is 17.7. The number of aliphatic hydroxyl groups excluding tert-OH is 5. The van der Waals surface area contributed by atoms with E-state index in [-0.39, 0.29) is 36.2 Å². The predicted octanol–water partition coefficient (Wildman–Crippen LogP) is 2.15. The van der Waals surface area contributed by atoms with Crippen molar-refractivity contribution >= 4 is 11.9 Å². The van der Waals surface area contributed by atoms with E-state index in [1.54, 1.807) is 13.8 Å². The van der Waals surface area contributed by atoms with Gasteiger partial charge in [0.2, 0.25) is 6.29 Å². The van der Waals surface area contributed by atoms with E-state index in [1.807, 2.05) is 6.92 Å². The van der Waals surface area contributed by atoms with Gasteiger partial charge in [0.25, 0.3) is 0 Å². The van der Waals surface area contributed by atoms with Crippen LogP contribution < -0.4 is 0 Å². The van der Waals surface area contributed by atoms with Crippen LogP contribution in [-0.2, 0) is 23.8 Å². The minimum Gasteiger partial charge on any atom is -0.481 e. The van der Waals surface area contributed by atoms with Gasteiger partial charge in [-0.3, -0.25) is 9.59 Å². The van der Waals surface area contributed by atoms with Crippen molar-refractivity contribution in [2.75, 3.05) is 13.7 Å². The average molecular weight is 695 g/mol. The lowest BCUT2D eigenvalue weighted by Gasteiger charge is -2.71. The summed E-state index contributed by atoms with van der Waals surface area (Å²) in [6.07, 6.45) is -3.67. The van der Waals surface area contributed by atoms with E-state index in [0.29, 0.717) is 44.9 Å². The van der Waals surface area contributed by atoms with Crippen molar-refractivity contribution in [2.45, 2.75) is 141 Å². The molecule has 5 aliphatic carbocycles. The SMILES string of the molecule is COC[C@H]1O[C@@H](OC(=O)[C@]23CC[C@@H](C)[C@@](C)(O)[C@H]2C2=CC[C@@H]4[C@@]5(C)C[C@@H](O)[C@H](O)[C@](C)(C(=O)O)[C@@H]5CC[C@@]4(C)[C@]2(C)CC3)[C@H](O)[C@@H](O)[C@@H]1O. The minimum atomic E-state index is -1.69. The number of rotatable bonds is 5. The van der Waals surface area contributed by atoms with Gasteiger partial charge < -0.3 is 50.0 Å². The van der Waals surface area contributed by atoms with Crippen LogP contribution in [-0.4, -0.2) is 110 Å². The highest BCUT2D eigenvalue weighted by molar-refractivity contribution is 5.79. The number of aliphatic carboxylic acids is 1. The van der Waals surface area contributed by atoms with Gasteiger partial charge in [0.1, 0.15) is 24.4 Å². The Morgan fingerprint density at radius 2 is 1.59 bits per heavy atom. The lowest BCUT2D eigenvalue weighted by atomic mass is 9.33. The zero-order valence-electron chi connectivity index (χ0n) is 30.0. The van der Waals surface area contributed by atoms with Gasteiger partial charge in [-0.05, 0) is 99.2 Å². The second-order valence-corrected chi connectivity index (χ2v) is 17.7. The first-order valence-electron chi connectivity index (χ1n) is 18.1. The summed E-state index contributed by atoms with van der Waals surface area (Å²) in [5.74, 6) is -2.90. The topological polar surface area (TPSA) is 203 Å². The van der Waals surface area contributed by atoms with E-state index in [4.69, 9.17) is 14.2 Å². The van der Waals surface area contributed by atoms with Crippen molar-refractivity contribution in [3.8, 4) is 0 Å². The molecule has 4 saturated carbocycles. The van der Waals surface area contributed by atoms with Crippen molar-refractivity contribution < 1.29 is 59.5 Å². The Hall–Kier alpha value is -1.64. The smallest absolute Gasteiger partial charge is 0.315 e. The number of fused-ring (bicyclic) bond motifs is 7. The van der Waals surface area contributed by atoms with Gasteiger partial charge in [-0.2, -0.15) is 0 Å². The summed E-state index contributed by atoms with van der Waals surface area (Å²) in [6, 6.07) is 0. The fourth-order valence-corrected chi connectivity index (χ4v) is 12.5. The molecule has 0 spiro atoms. The van der Waals surface area contributed by atoms with Gasteiger partial charge >= 0.3 is 11.9 Å². The molecule has 278 valence electrons. The molecular formula is C37H58O12. The third kappa shape index (κ3) is 4.84. The molecule has 0 aromatic heterocycles. The number of carboxylic acid groups (broad SMARTS) is 1. The van der Waals surface area contributed by atoms with Crippen molar-refractivity contribution in [2.24, 2.45) is 50.7 Å². The Labute approximate surface area is 288 Å². The van der Waals surface area contributed by atoms with Crippen LogP contribution in [0.3, 0.4) is 0 Å². The number of carbonyl (C=O) groups excluding carboxylic acids is 1. The van der Waals surface area contributed by atoms with Crippen LogP contribution in [0, 0.1) is 50.7 Å². The largest absolute Gasteiger partial charge is 0.481 e. The summed E-state index contributed by atoms with van der Waals surface area (Å²) >= 11 is 0. The summed E-state index contributed by atoms with van der Waals surface area (Å²) in [6.45, 7) is 11.8. The molecule has 1 aliphatic heterocycles. The van der Waals surface area contributed by atoms with Crippen LogP contribution in [0.2, 0.25) is 0 Å². The van der Waals surface area contributed by atoms with E-state index in [9.17, 15) is 45.3 Å². The van der Waals surface area contributed by atoms with Crippen LogP contribution in [0.15, 0.2) is 11.6 Å². The Morgan fingerprint density at radius 1 is 0.918 bits per heavy atom. The molecule has 0 unspecified atom stereocenters. The molecule has 6 aliphatic rings. The molecule has 49 heavy (non-hydrogen) atoms. The number of ether oxygens (including phenoxy) is 3. The maximum atomic E-state index is 14.6. The van der Waals surface area contributed by atoms with E-state index >= 15 is 0 Å². The number of hydrogen-bond donors (Lipinski definition) is 7. The summed E-state index contributed by atoms with van der Waals surface area (Å²) in [4.78, 5) is 27.3. The predicted molar refractivity (Wildman–Crippen MR) is 174 cm³/mol. The van der Waals surface area contributed by atoms with Gasteiger partial charge in [0.15, 0.2) is 0 Å². The molecule has 0 amide bonds. The molecule has 5 fully saturated rings. The number of hydrogen-bond acceptors (Lipinski definition) is 11. The third-order valence-corrected chi connectivity index (χ3v) is 15.8. The lowest BCUT2D eigenvalue weighted by Crippen LogP contribution is -2.70. The highest BCUT2D eigenvalue weighted by atomic mass is 16.7. The lowest BCUT2D eigenvalue weighted by molar-refractivity contribution is -0.300. The zero-order valence-corrected chi connectivity index (χ0v) is 30.0. The van der Waals surface area contributed by atoms with E-state index < -0.39 is 88.0 Å². The number of aliphatic hydroxyl groups is 6. The average Bonchev–Trinajstić information content (AvgIpc) is 3.03. The number of allylic oxidation sites excluding steroid dienone is 1. The molecule has 0 aromatic carbocycles. The summed E-state index contributed by atoms with van der Waals surface area (Å²) < 4.78 is 16.8. The van der Waals surface area contributed by atoms with Crippen LogP contribution >= 0.6 is 0 Å². The molecular weight excluding hydrogens is 636 g/mol. The molecule has 17 atom stereocenters. The number of methoxy groups -OCH3 is 1. The molecule has 7 N–H and O–H groups in total. The molecule has 12 heteroatoms. The highest BCUT2D eigenvalue weighted by Crippen LogP contribution is 2.76. The molecule has 0 bridgehead atoms. The third-order valence-electron chi connectivity index (χ3n) is 15.8. The van der Waals surface area contributed by atoms with Crippen molar-refractivity contribution in [3.05, 3.63) is 11.6 Å². The monoisotopic (exact) mass is 694 g/mol. The van der Waals surface area contributed by atoms with Crippen LogP contribution in [0.5, 0.6) is 0 Å². The van der Waals surface area contributed by atoms with E-state index in [2.05, 4.69) is 26.8 Å². The van der Waals surface area contributed by atoms with Gasteiger partial charge in [0.05, 0.1) is 35.2 Å². The van der Waals surface area contributed by atoms with Crippen molar-refractivity contribution in [1.29, 1.82) is 0 Å². The number of carboxylic acids is 1. The minimum absolute atomic E-state index is 0.0323. The standard InChI is InChI=1S/C37H58O12/c1-18-10-13-37(31(45)49-29-26(41)25(40)24(39)21(48-29)17-47-7)15-14-33(3)19(27(37)36(18,6)46)8-9-22-32(2)16-20(38)28(42)35(5,30(43)44)23(32)11-12-34(22,33)4/h8,18,20-29,38-42,46H,9-17H2,1-7H3,(H,43,44)/t18-,20-,21-,22-,23-,24-,25+,26-,27-,28+,29+,32-,33-,34-,35-,36-,37+/m1/s1. The summed E-state index contributed by atoms with van der Waals surface area (Å²) in [5, 5.41) is 76.8. The molecule has 1 heterocycles. The van der Waals surface area contributed by atoms with Gasteiger partial charge in [-0.1, -0.05) is 39.3 Å². The first-order valence-corrected chi connectivity index (χ1v) is 18.1. The molecule has 0 radical (unpaired) electrons. The number of esters is 1. The van der Waals surface area contributed by atoms with Crippen LogP contribution in [0.1, 0.15) is 92.9 Å². The maximum Gasteiger partial charge on any atom is 0.315 e. The fraction of sp³-hybridized carbons (Fsp3) is 0.892. The first-order chi connectivity index (χ1) is 22.7. The van der Waals surface area contributed by atoms with Gasteiger partial charge in [-0.25, -0.2) is 0 Å². The highest BCUT2D eigenvalue weighted by Gasteiger charge is 2.73. The van der Waals surface area contributed by atoms with Gasteiger partial charge in [0, 0.05) is 13.0 Å². The van der Waals surface area contributed by atoms with Crippen molar-refractivity contribution in [3.63, 3.8) is 0 Å². The van der Waals surface area contributed by atoms with Crippen molar-refractivity contribution in [1.82, 2.24) is 0 Å². The Kier molecular flexibility index (Phi) is 9.05. The molecule has 12 nitrogen and oxygen atoms in total. The normalized spacial score (nSPS) is 55.5. The van der Waals surface area contributed by atoms with E-state index in [1.165, 1.54) is 7.11 Å². The fourth-order valence-electron chi connectivity index (χ4n) is 12.5. The Balaban J connectivity index is 1.40.